The van der Waals surface area contributed by atoms with Crippen LogP contribution < -0.4 is 0 Å². The molecule has 0 spiro atoms. The maximum atomic E-state index is 8.91. The van der Waals surface area contributed by atoms with Gasteiger partial charge >= 0.3 is 0 Å². The van der Waals surface area contributed by atoms with Crippen molar-refractivity contribution in [2.45, 2.75) is 26.7 Å². The van der Waals surface area contributed by atoms with Crippen LogP contribution in [-0.2, 0) is 0 Å². The monoisotopic (exact) mass is 225 g/mol. The fourth-order valence-corrected chi connectivity index (χ4v) is 2.31. The van der Waals surface area contributed by atoms with E-state index in [9.17, 15) is 0 Å². The van der Waals surface area contributed by atoms with Crippen molar-refractivity contribution in [1.29, 1.82) is 5.26 Å². The fraction of sp³-hybridized carbons (Fsp3) is 0.364. The molecule has 0 aliphatic carbocycles. The number of nitriles is 1. The lowest BCUT2D eigenvalue weighted by Crippen LogP contribution is -1.81. The largest absolute Gasteiger partial charge is 0.193 e. The quantitative estimate of drug-likeness (QED) is 0.703. The topological polar surface area (TPSA) is 23.8 Å². The summed E-state index contributed by atoms with van der Waals surface area (Å²) >= 11 is 7.76. The van der Waals surface area contributed by atoms with Crippen LogP contribution in [0.25, 0.3) is 5.03 Å². The minimum Gasteiger partial charge on any atom is -0.193 e. The SMILES string of the molecule is CCCC(C#N)=C(Cl)c1ccc(C)s1. The standard InChI is InChI=1S/C11H12ClNS/c1-3-4-9(7-13)11(12)10-6-5-8(2)14-10/h5-6H,3-4H2,1-2H3. The number of rotatable bonds is 3. The average Bonchev–Trinajstić information content (AvgIpc) is 2.60. The molecule has 14 heavy (non-hydrogen) atoms. The molecule has 0 bridgehead atoms. The number of hydrogen-bond acceptors (Lipinski definition) is 2. The molecule has 1 heterocycles. The van der Waals surface area contributed by atoms with E-state index in [4.69, 9.17) is 16.9 Å². The van der Waals surface area contributed by atoms with Crippen molar-refractivity contribution < 1.29 is 0 Å². The maximum absolute atomic E-state index is 8.91. The first-order chi connectivity index (χ1) is 6.69. The smallest absolute Gasteiger partial charge is 0.0963 e. The van der Waals surface area contributed by atoms with Crippen molar-refractivity contribution in [3.63, 3.8) is 0 Å². The Morgan fingerprint density at radius 3 is 2.71 bits per heavy atom. The van der Waals surface area contributed by atoms with Gasteiger partial charge in [0.25, 0.3) is 0 Å². The summed E-state index contributed by atoms with van der Waals surface area (Å²) in [6.45, 7) is 4.07. The lowest BCUT2D eigenvalue weighted by Gasteiger charge is -1.98. The van der Waals surface area contributed by atoms with E-state index in [1.807, 2.05) is 26.0 Å². The molecule has 1 aromatic rings. The molecular formula is C11H12ClNS. The molecule has 0 aromatic carbocycles. The molecule has 0 saturated carbocycles. The van der Waals surface area contributed by atoms with Gasteiger partial charge in [0.05, 0.1) is 11.1 Å². The Morgan fingerprint density at radius 2 is 2.29 bits per heavy atom. The summed E-state index contributed by atoms with van der Waals surface area (Å²) in [4.78, 5) is 2.21. The van der Waals surface area contributed by atoms with E-state index < -0.39 is 0 Å². The van der Waals surface area contributed by atoms with Gasteiger partial charge in [0.1, 0.15) is 0 Å². The van der Waals surface area contributed by atoms with E-state index in [1.54, 1.807) is 11.3 Å². The predicted molar refractivity (Wildman–Crippen MR) is 62.4 cm³/mol. The number of thiophene rings is 1. The molecule has 0 atom stereocenters. The number of allylic oxidation sites excluding steroid dienone is 1. The van der Waals surface area contributed by atoms with Crippen LogP contribution in [0.3, 0.4) is 0 Å². The lowest BCUT2D eigenvalue weighted by molar-refractivity contribution is 0.933. The zero-order valence-corrected chi connectivity index (χ0v) is 9.87. The molecule has 0 N–H and O–H groups in total. The van der Waals surface area contributed by atoms with Crippen molar-refractivity contribution >= 4 is 28.0 Å². The second kappa shape index (κ2) is 5.19. The highest BCUT2D eigenvalue weighted by Gasteiger charge is 2.07. The Bertz CT molecular complexity index is 384. The van der Waals surface area contributed by atoms with E-state index >= 15 is 0 Å². The molecule has 74 valence electrons. The van der Waals surface area contributed by atoms with Crippen molar-refractivity contribution in [2.75, 3.05) is 0 Å². The van der Waals surface area contributed by atoms with E-state index in [0.29, 0.717) is 10.6 Å². The maximum Gasteiger partial charge on any atom is 0.0963 e. The van der Waals surface area contributed by atoms with Gasteiger partial charge in [0.15, 0.2) is 0 Å². The molecule has 0 unspecified atom stereocenters. The third-order valence-corrected chi connectivity index (χ3v) is 3.42. The van der Waals surface area contributed by atoms with Gasteiger partial charge in [-0.25, -0.2) is 0 Å². The van der Waals surface area contributed by atoms with Crippen LogP contribution in [-0.4, -0.2) is 0 Å². The van der Waals surface area contributed by atoms with Crippen molar-refractivity contribution in [3.05, 3.63) is 27.5 Å². The van der Waals surface area contributed by atoms with Crippen LogP contribution in [0.4, 0.5) is 0 Å². The second-order valence-electron chi connectivity index (χ2n) is 3.06. The van der Waals surface area contributed by atoms with E-state index in [1.165, 1.54) is 4.88 Å². The van der Waals surface area contributed by atoms with Gasteiger partial charge in [-0.15, -0.1) is 11.3 Å². The summed E-state index contributed by atoms with van der Waals surface area (Å²) in [6, 6.07) is 6.15. The van der Waals surface area contributed by atoms with Crippen molar-refractivity contribution in [1.82, 2.24) is 0 Å². The first-order valence-corrected chi connectivity index (χ1v) is 5.74. The number of hydrogen-bond donors (Lipinski definition) is 0. The van der Waals surface area contributed by atoms with Gasteiger partial charge in [-0.1, -0.05) is 24.9 Å². The minimum absolute atomic E-state index is 0.618. The zero-order chi connectivity index (χ0) is 10.6. The lowest BCUT2D eigenvalue weighted by atomic mass is 10.1. The highest BCUT2D eigenvalue weighted by Crippen LogP contribution is 2.30. The van der Waals surface area contributed by atoms with Gasteiger partial charge in [-0.05, 0) is 25.5 Å². The number of aryl methyl sites for hydroxylation is 1. The van der Waals surface area contributed by atoms with Crippen LogP contribution in [0.5, 0.6) is 0 Å². The average molecular weight is 226 g/mol. The molecule has 3 heteroatoms. The molecule has 0 fully saturated rings. The zero-order valence-electron chi connectivity index (χ0n) is 8.30. The Morgan fingerprint density at radius 1 is 1.57 bits per heavy atom. The Labute approximate surface area is 93.6 Å². The molecule has 1 aromatic heterocycles. The first kappa shape index (κ1) is 11.3. The van der Waals surface area contributed by atoms with Crippen LogP contribution >= 0.6 is 22.9 Å². The Kier molecular flexibility index (Phi) is 4.19. The molecule has 0 amide bonds. The predicted octanol–water partition coefficient (Wildman–Crippen LogP) is 4.33. The molecule has 1 nitrogen and oxygen atoms in total. The highest BCUT2D eigenvalue weighted by molar-refractivity contribution is 7.13. The normalized spacial score (nSPS) is 12.1. The Balaban J connectivity index is 3.02. The van der Waals surface area contributed by atoms with E-state index in [-0.39, 0.29) is 0 Å². The highest BCUT2D eigenvalue weighted by atomic mass is 35.5. The van der Waals surface area contributed by atoms with Gasteiger partial charge in [-0.2, -0.15) is 5.26 Å². The van der Waals surface area contributed by atoms with Gasteiger partial charge in [-0.3, -0.25) is 0 Å². The summed E-state index contributed by atoms with van der Waals surface area (Å²) in [5.74, 6) is 0. The van der Waals surface area contributed by atoms with Crippen molar-refractivity contribution in [3.8, 4) is 6.07 Å². The minimum atomic E-state index is 0.618. The van der Waals surface area contributed by atoms with Crippen LogP contribution in [0.2, 0.25) is 0 Å². The number of halogens is 1. The molecule has 0 aliphatic rings. The summed E-state index contributed by atoms with van der Waals surface area (Å²) in [5.41, 5.74) is 0.691. The van der Waals surface area contributed by atoms with E-state index in [0.717, 1.165) is 17.7 Å². The summed E-state index contributed by atoms with van der Waals surface area (Å²) in [5, 5.41) is 9.53. The summed E-state index contributed by atoms with van der Waals surface area (Å²) in [6.07, 6.45) is 1.70. The molecule has 0 saturated heterocycles. The van der Waals surface area contributed by atoms with Gasteiger partial charge in [0.2, 0.25) is 0 Å². The van der Waals surface area contributed by atoms with Crippen molar-refractivity contribution in [2.24, 2.45) is 0 Å². The molecule has 1 rings (SSSR count). The number of nitrogens with zero attached hydrogens (tertiary/aromatic N) is 1. The third kappa shape index (κ3) is 2.60. The van der Waals surface area contributed by atoms with E-state index in [2.05, 4.69) is 6.07 Å². The second-order valence-corrected chi connectivity index (χ2v) is 4.73. The van der Waals surface area contributed by atoms with Crippen LogP contribution in [0.1, 0.15) is 29.5 Å². The first-order valence-electron chi connectivity index (χ1n) is 4.54. The van der Waals surface area contributed by atoms with Crippen LogP contribution in [0, 0.1) is 18.3 Å². The van der Waals surface area contributed by atoms with Gasteiger partial charge < -0.3 is 0 Å². The summed E-state index contributed by atoms with van der Waals surface area (Å²) in [7, 11) is 0. The van der Waals surface area contributed by atoms with Crippen LogP contribution in [0.15, 0.2) is 17.7 Å². The Hall–Kier alpha value is -0.780. The summed E-state index contributed by atoms with van der Waals surface area (Å²) < 4.78 is 0. The molecule has 0 radical (unpaired) electrons. The molecule has 0 aliphatic heterocycles. The third-order valence-electron chi connectivity index (χ3n) is 1.86. The van der Waals surface area contributed by atoms with Gasteiger partial charge in [0, 0.05) is 15.3 Å². The molecular weight excluding hydrogens is 214 g/mol. The fourth-order valence-electron chi connectivity index (χ4n) is 1.17.